The van der Waals surface area contributed by atoms with E-state index in [0.29, 0.717) is 31.8 Å². The highest BCUT2D eigenvalue weighted by Crippen LogP contribution is 2.28. The highest BCUT2D eigenvalue weighted by Gasteiger charge is 2.42. The standard InChI is InChI=1S/C15H22N6O2.ClH/c1-23-12-11-20-10-3-13(19-20)18-14(22)15(4-7-16-8-5-15)21-9-2-6-17-21;/h2-3,6,9-10,16H,4-5,7-8,11-12H2,1H3,(H,18,19,22);1H. The average Bonchev–Trinajstić information content (AvgIpc) is 3.25. The van der Waals surface area contributed by atoms with Crippen LogP contribution in [0.15, 0.2) is 30.7 Å². The van der Waals surface area contributed by atoms with Crippen molar-refractivity contribution in [1.29, 1.82) is 0 Å². The van der Waals surface area contributed by atoms with Gasteiger partial charge >= 0.3 is 0 Å². The third-order valence-electron chi connectivity index (χ3n) is 4.20. The van der Waals surface area contributed by atoms with Crippen molar-refractivity contribution in [1.82, 2.24) is 24.9 Å². The largest absolute Gasteiger partial charge is 0.383 e. The van der Waals surface area contributed by atoms with E-state index in [1.165, 1.54) is 0 Å². The third kappa shape index (κ3) is 3.77. The van der Waals surface area contributed by atoms with Crippen molar-refractivity contribution in [2.75, 3.05) is 32.1 Å². The highest BCUT2D eigenvalue weighted by molar-refractivity contribution is 5.96. The van der Waals surface area contributed by atoms with Crippen LogP contribution in [0.4, 0.5) is 5.82 Å². The molecule has 132 valence electrons. The summed E-state index contributed by atoms with van der Waals surface area (Å²) in [6.45, 7) is 2.81. The van der Waals surface area contributed by atoms with Crippen molar-refractivity contribution in [3.05, 3.63) is 30.7 Å². The molecule has 1 aliphatic rings. The monoisotopic (exact) mass is 354 g/mol. The van der Waals surface area contributed by atoms with Gasteiger partial charge in [0.15, 0.2) is 5.82 Å². The van der Waals surface area contributed by atoms with Crippen LogP contribution in [0.3, 0.4) is 0 Å². The van der Waals surface area contributed by atoms with E-state index in [0.717, 1.165) is 13.1 Å². The molecule has 3 rings (SSSR count). The fraction of sp³-hybridized carbons (Fsp3) is 0.533. The number of carbonyl (C=O) groups is 1. The van der Waals surface area contributed by atoms with E-state index < -0.39 is 5.54 Å². The van der Waals surface area contributed by atoms with Crippen LogP contribution in [0.1, 0.15) is 12.8 Å². The summed E-state index contributed by atoms with van der Waals surface area (Å²) in [5, 5.41) is 14.9. The van der Waals surface area contributed by atoms with Crippen LogP contribution in [-0.2, 0) is 21.6 Å². The van der Waals surface area contributed by atoms with Gasteiger partial charge in [0.25, 0.3) is 5.91 Å². The van der Waals surface area contributed by atoms with Crippen LogP contribution >= 0.6 is 12.4 Å². The minimum atomic E-state index is -0.662. The van der Waals surface area contributed by atoms with Crippen molar-refractivity contribution in [3.63, 3.8) is 0 Å². The van der Waals surface area contributed by atoms with Gasteiger partial charge in [0.1, 0.15) is 5.54 Å². The van der Waals surface area contributed by atoms with Crippen LogP contribution in [0, 0.1) is 0 Å². The summed E-state index contributed by atoms with van der Waals surface area (Å²) in [6.07, 6.45) is 6.78. The number of aromatic nitrogens is 4. The fourth-order valence-electron chi connectivity index (χ4n) is 2.89. The smallest absolute Gasteiger partial charge is 0.253 e. The normalized spacial score (nSPS) is 16.4. The number of ether oxygens (including phenoxy) is 1. The Morgan fingerprint density at radius 3 is 2.88 bits per heavy atom. The van der Waals surface area contributed by atoms with Gasteiger partial charge in [0.2, 0.25) is 0 Å². The Balaban J connectivity index is 0.00000208. The molecule has 2 aromatic heterocycles. The Labute approximate surface area is 147 Å². The summed E-state index contributed by atoms with van der Waals surface area (Å²) >= 11 is 0. The molecule has 0 aromatic carbocycles. The van der Waals surface area contributed by atoms with E-state index in [9.17, 15) is 4.79 Å². The number of rotatable bonds is 6. The molecule has 2 N–H and O–H groups in total. The lowest BCUT2D eigenvalue weighted by molar-refractivity contribution is -0.126. The lowest BCUT2D eigenvalue weighted by Gasteiger charge is -2.36. The molecule has 1 aliphatic heterocycles. The summed E-state index contributed by atoms with van der Waals surface area (Å²) in [5.74, 6) is 0.482. The molecule has 0 radical (unpaired) electrons. The Hall–Kier alpha value is -1.90. The minimum absolute atomic E-state index is 0. The molecule has 24 heavy (non-hydrogen) atoms. The van der Waals surface area contributed by atoms with Gasteiger partial charge in [0, 0.05) is 31.8 Å². The first-order chi connectivity index (χ1) is 11.2. The first-order valence-electron chi connectivity index (χ1n) is 7.79. The minimum Gasteiger partial charge on any atom is -0.383 e. The lowest BCUT2D eigenvalue weighted by Crippen LogP contribution is -2.52. The SMILES string of the molecule is COCCn1ccc(NC(=O)C2(n3cccn3)CCNCC2)n1.Cl. The number of anilines is 1. The lowest BCUT2D eigenvalue weighted by atomic mass is 9.87. The molecule has 3 heterocycles. The second-order valence-corrected chi connectivity index (χ2v) is 5.64. The average molecular weight is 355 g/mol. The fourth-order valence-corrected chi connectivity index (χ4v) is 2.89. The molecule has 1 saturated heterocycles. The van der Waals surface area contributed by atoms with Crippen LogP contribution in [0.2, 0.25) is 0 Å². The summed E-state index contributed by atoms with van der Waals surface area (Å²) < 4.78 is 8.55. The van der Waals surface area contributed by atoms with Gasteiger partial charge in [-0.15, -0.1) is 12.4 Å². The molecule has 1 fully saturated rings. The highest BCUT2D eigenvalue weighted by atomic mass is 35.5. The number of amides is 1. The van der Waals surface area contributed by atoms with Gasteiger partial charge in [-0.05, 0) is 32.0 Å². The van der Waals surface area contributed by atoms with Gasteiger partial charge < -0.3 is 15.4 Å². The zero-order valence-electron chi connectivity index (χ0n) is 13.6. The van der Waals surface area contributed by atoms with Crippen molar-refractivity contribution >= 4 is 24.1 Å². The second-order valence-electron chi connectivity index (χ2n) is 5.64. The van der Waals surface area contributed by atoms with Crippen molar-refractivity contribution < 1.29 is 9.53 Å². The third-order valence-corrected chi connectivity index (χ3v) is 4.20. The van der Waals surface area contributed by atoms with E-state index in [1.807, 2.05) is 18.5 Å². The molecule has 8 nitrogen and oxygen atoms in total. The van der Waals surface area contributed by atoms with Gasteiger partial charge in [-0.3, -0.25) is 14.2 Å². The Morgan fingerprint density at radius 1 is 1.42 bits per heavy atom. The number of nitrogens with one attached hydrogen (secondary N) is 2. The molecule has 0 bridgehead atoms. The molecular formula is C15H23ClN6O2. The van der Waals surface area contributed by atoms with E-state index >= 15 is 0 Å². The molecule has 0 unspecified atom stereocenters. The second kappa shape index (κ2) is 8.27. The maximum Gasteiger partial charge on any atom is 0.253 e. The summed E-state index contributed by atoms with van der Waals surface area (Å²) in [4.78, 5) is 12.9. The van der Waals surface area contributed by atoms with Crippen molar-refractivity contribution in [3.8, 4) is 0 Å². The first-order valence-corrected chi connectivity index (χ1v) is 7.79. The number of hydrogen-bond acceptors (Lipinski definition) is 5. The molecule has 0 saturated carbocycles. The van der Waals surface area contributed by atoms with Crippen LogP contribution in [0.5, 0.6) is 0 Å². The van der Waals surface area contributed by atoms with Crippen molar-refractivity contribution in [2.24, 2.45) is 0 Å². The van der Waals surface area contributed by atoms with Crippen LogP contribution < -0.4 is 10.6 Å². The van der Waals surface area contributed by atoms with Gasteiger partial charge in [-0.1, -0.05) is 0 Å². The Bertz CT molecular complexity index is 636. The Morgan fingerprint density at radius 2 is 2.21 bits per heavy atom. The van der Waals surface area contributed by atoms with E-state index in [4.69, 9.17) is 4.74 Å². The quantitative estimate of drug-likeness (QED) is 0.803. The predicted molar refractivity (Wildman–Crippen MR) is 92.3 cm³/mol. The topological polar surface area (TPSA) is 86.0 Å². The van der Waals surface area contributed by atoms with Crippen LogP contribution in [-0.4, -0.2) is 52.3 Å². The molecule has 0 atom stereocenters. The number of methoxy groups -OCH3 is 1. The number of hydrogen-bond donors (Lipinski definition) is 2. The molecule has 0 spiro atoms. The Kier molecular flexibility index (Phi) is 6.36. The van der Waals surface area contributed by atoms with E-state index in [2.05, 4.69) is 20.8 Å². The maximum atomic E-state index is 12.9. The summed E-state index contributed by atoms with van der Waals surface area (Å²) in [7, 11) is 1.65. The van der Waals surface area contributed by atoms with Gasteiger partial charge in [-0.2, -0.15) is 10.2 Å². The zero-order valence-corrected chi connectivity index (χ0v) is 14.5. The van der Waals surface area contributed by atoms with E-state index in [1.54, 1.807) is 28.7 Å². The van der Waals surface area contributed by atoms with E-state index in [-0.39, 0.29) is 18.3 Å². The predicted octanol–water partition coefficient (Wildman–Crippen LogP) is 0.865. The number of carbonyl (C=O) groups excluding carboxylic acids is 1. The molecule has 2 aromatic rings. The molecular weight excluding hydrogens is 332 g/mol. The summed E-state index contributed by atoms with van der Waals surface area (Å²) in [6, 6.07) is 3.64. The van der Waals surface area contributed by atoms with Crippen molar-refractivity contribution in [2.45, 2.75) is 24.9 Å². The maximum absolute atomic E-state index is 12.9. The van der Waals surface area contributed by atoms with Gasteiger partial charge in [-0.25, -0.2) is 0 Å². The zero-order chi connectivity index (χ0) is 16.1. The van der Waals surface area contributed by atoms with Gasteiger partial charge in [0.05, 0.1) is 13.2 Å². The van der Waals surface area contributed by atoms with Crippen LogP contribution in [0.25, 0.3) is 0 Å². The number of halogens is 1. The molecule has 1 amide bonds. The summed E-state index contributed by atoms with van der Waals surface area (Å²) in [5.41, 5.74) is -0.662. The molecule has 0 aliphatic carbocycles. The first kappa shape index (κ1) is 18.4. The number of nitrogens with zero attached hydrogens (tertiary/aromatic N) is 4. The number of piperidine rings is 1. The molecule has 9 heteroatoms.